The third-order valence-corrected chi connectivity index (χ3v) is 3.72. The number of fused-ring (bicyclic) bond motifs is 1. The first-order valence-corrected chi connectivity index (χ1v) is 6.52. The Kier molecular flexibility index (Phi) is 3.03. The summed E-state index contributed by atoms with van der Waals surface area (Å²) in [5.74, 6) is -0.517. The molecule has 0 aliphatic rings. The molecule has 0 amide bonds. The summed E-state index contributed by atoms with van der Waals surface area (Å²) in [4.78, 5) is 7.21. The number of hydrogen-bond acceptors (Lipinski definition) is 1. The molecule has 0 fully saturated rings. The highest BCUT2D eigenvalue weighted by molar-refractivity contribution is 9.10. The zero-order valence-electron chi connectivity index (χ0n) is 9.35. The minimum absolute atomic E-state index is 0.0129. The van der Waals surface area contributed by atoms with Gasteiger partial charge in [-0.2, -0.15) is 0 Å². The van der Waals surface area contributed by atoms with E-state index in [9.17, 15) is 8.78 Å². The van der Waals surface area contributed by atoms with Crippen LogP contribution in [0.15, 0.2) is 34.8 Å². The van der Waals surface area contributed by atoms with E-state index in [-0.39, 0.29) is 5.02 Å². The summed E-state index contributed by atoms with van der Waals surface area (Å²) >= 11 is 8.99. The molecule has 2 nitrogen and oxygen atoms in total. The minimum Gasteiger partial charge on any atom is -0.338 e. The van der Waals surface area contributed by atoms with Gasteiger partial charge in [0.05, 0.1) is 20.5 Å². The van der Waals surface area contributed by atoms with Crippen molar-refractivity contribution in [2.75, 3.05) is 0 Å². The smallest absolute Gasteiger partial charge is 0.142 e. The van der Waals surface area contributed by atoms with E-state index in [1.54, 1.807) is 18.2 Å². The van der Waals surface area contributed by atoms with Gasteiger partial charge in [0, 0.05) is 11.6 Å². The second kappa shape index (κ2) is 4.58. The molecule has 6 heteroatoms. The van der Waals surface area contributed by atoms with Gasteiger partial charge >= 0.3 is 0 Å². The van der Waals surface area contributed by atoms with Crippen molar-refractivity contribution in [1.29, 1.82) is 0 Å². The van der Waals surface area contributed by atoms with Gasteiger partial charge in [0.1, 0.15) is 17.5 Å². The van der Waals surface area contributed by atoms with Crippen molar-refractivity contribution >= 4 is 38.6 Å². The van der Waals surface area contributed by atoms with Crippen LogP contribution in [0.1, 0.15) is 0 Å². The van der Waals surface area contributed by atoms with Crippen LogP contribution < -0.4 is 0 Å². The molecule has 0 spiro atoms. The first-order chi connectivity index (χ1) is 9.06. The lowest BCUT2D eigenvalue weighted by Gasteiger charge is -2.00. The maximum absolute atomic E-state index is 13.4. The van der Waals surface area contributed by atoms with Crippen LogP contribution in [0.25, 0.3) is 22.4 Å². The summed E-state index contributed by atoms with van der Waals surface area (Å²) in [5.41, 5.74) is 1.54. The summed E-state index contributed by atoms with van der Waals surface area (Å²) in [5, 5.41) is -0.0129. The van der Waals surface area contributed by atoms with E-state index in [0.717, 1.165) is 0 Å². The number of nitrogens with one attached hydrogen (secondary N) is 1. The first-order valence-electron chi connectivity index (χ1n) is 5.35. The van der Waals surface area contributed by atoms with Crippen LogP contribution in [0.4, 0.5) is 8.78 Å². The van der Waals surface area contributed by atoms with Crippen LogP contribution in [0.5, 0.6) is 0 Å². The van der Waals surface area contributed by atoms with Crippen LogP contribution >= 0.6 is 27.5 Å². The molecule has 1 heterocycles. The van der Waals surface area contributed by atoms with Gasteiger partial charge in [0.2, 0.25) is 0 Å². The molecule has 0 bridgehead atoms. The highest BCUT2D eigenvalue weighted by Gasteiger charge is 2.13. The van der Waals surface area contributed by atoms with Gasteiger partial charge in [-0.1, -0.05) is 17.7 Å². The van der Waals surface area contributed by atoms with Gasteiger partial charge in [-0.05, 0) is 34.1 Å². The van der Waals surface area contributed by atoms with Gasteiger partial charge in [0.25, 0.3) is 0 Å². The molecule has 2 aromatic carbocycles. The largest absolute Gasteiger partial charge is 0.338 e. The average molecular weight is 344 g/mol. The van der Waals surface area contributed by atoms with Crippen molar-refractivity contribution in [3.05, 3.63) is 51.5 Å². The van der Waals surface area contributed by atoms with Crippen molar-refractivity contribution in [3.63, 3.8) is 0 Å². The van der Waals surface area contributed by atoms with Crippen molar-refractivity contribution in [2.24, 2.45) is 0 Å². The number of aromatic amines is 1. The van der Waals surface area contributed by atoms with Crippen LogP contribution in [-0.4, -0.2) is 9.97 Å². The number of halogens is 4. The molecule has 1 N–H and O–H groups in total. The Labute approximate surface area is 120 Å². The number of nitrogens with zero attached hydrogens (tertiary/aromatic N) is 1. The third-order valence-electron chi connectivity index (χ3n) is 2.73. The van der Waals surface area contributed by atoms with Crippen molar-refractivity contribution in [1.82, 2.24) is 9.97 Å². The van der Waals surface area contributed by atoms with E-state index < -0.39 is 11.6 Å². The van der Waals surface area contributed by atoms with E-state index in [4.69, 9.17) is 11.6 Å². The molecule has 0 saturated heterocycles. The van der Waals surface area contributed by atoms with Crippen molar-refractivity contribution < 1.29 is 8.78 Å². The molecule has 3 aromatic rings. The summed E-state index contributed by atoms with van der Waals surface area (Å²) < 4.78 is 27.2. The lowest BCUT2D eigenvalue weighted by atomic mass is 10.2. The molecule has 0 saturated carbocycles. The molecule has 0 radical (unpaired) electrons. The molecule has 0 unspecified atom stereocenters. The molecule has 96 valence electrons. The number of H-pyrrole nitrogens is 1. The average Bonchev–Trinajstić information content (AvgIpc) is 2.76. The Balaban J connectivity index is 2.23. The zero-order valence-corrected chi connectivity index (χ0v) is 11.7. The standard InChI is InChI=1S/C13H6BrClF2N2/c14-7-4-10-11(5-9(7)17)19-13(18-10)6-2-1-3-8(16)12(6)15/h1-5H,(H,18,19). The van der Waals surface area contributed by atoms with Gasteiger partial charge < -0.3 is 4.98 Å². The number of aromatic nitrogens is 2. The summed E-state index contributed by atoms with van der Waals surface area (Å²) in [6.07, 6.45) is 0. The van der Waals surface area contributed by atoms with Crippen LogP contribution in [0, 0.1) is 11.6 Å². The fraction of sp³-hybridized carbons (Fsp3) is 0. The Hall–Kier alpha value is -1.46. The van der Waals surface area contributed by atoms with Gasteiger partial charge in [-0.3, -0.25) is 0 Å². The number of imidazole rings is 1. The Bertz CT molecular complexity index is 747. The molecular weight excluding hydrogens is 338 g/mol. The van der Waals surface area contributed by atoms with E-state index >= 15 is 0 Å². The molecule has 0 atom stereocenters. The van der Waals surface area contributed by atoms with E-state index in [2.05, 4.69) is 25.9 Å². The Morgan fingerprint density at radius 1 is 1.16 bits per heavy atom. The monoisotopic (exact) mass is 342 g/mol. The molecule has 1 aromatic heterocycles. The van der Waals surface area contributed by atoms with E-state index in [1.807, 2.05) is 0 Å². The zero-order chi connectivity index (χ0) is 13.6. The normalized spacial score (nSPS) is 11.2. The second-order valence-electron chi connectivity index (χ2n) is 3.97. The van der Waals surface area contributed by atoms with E-state index in [0.29, 0.717) is 26.9 Å². The maximum atomic E-state index is 13.4. The SMILES string of the molecule is Fc1cc2[nH]c(-c3cccc(F)c3Cl)nc2cc1Br. The fourth-order valence-electron chi connectivity index (χ4n) is 1.82. The number of benzene rings is 2. The first kappa shape index (κ1) is 12.6. The summed E-state index contributed by atoms with van der Waals surface area (Å²) in [7, 11) is 0. The van der Waals surface area contributed by atoms with Crippen molar-refractivity contribution in [3.8, 4) is 11.4 Å². The Morgan fingerprint density at radius 2 is 1.95 bits per heavy atom. The highest BCUT2D eigenvalue weighted by atomic mass is 79.9. The molecule has 19 heavy (non-hydrogen) atoms. The number of rotatable bonds is 1. The third kappa shape index (κ3) is 2.13. The lowest BCUT2D eigenvalue weighted by molar-refractivity contribution is 0.623. The summed E-state index contributed by atoms with van der Waals surface area (Å²) in [6.45, 7) is 0. The fourth-order valence-corrected chi connectivity index (χ4v) is 2.37. The van der Waals surface area contributed by atoms with E-state index in [1.165, 1.54) is 12.1 Å². The molecule has 0 aliphatic carbocycles. The lowest BCUT2D eigenvalue weighted by Crippen LogP contribution is -1.85. The minimum atomic E-state index is -0.521. The molecule has 0 aliphatic heterocycles. The number of hydrogen-bond donors (Lipinski definition) is 1. The van der Waals surface area contributed by atoms with Gasteiger partial charge in [0.15, 0.2) is 0 Å². The quantitative estimate of drug-likeness (QED) is 0.667. The topological polar surface area (TPSA) is 28.7 Å². The Morgan fingerprint density at radius 3 is 2.74 bits per heavy atom. The van der Waals surface area contributed by atoms with Crippen LogP contribution in [0.3, 0.4) is 0 Å². The van der Waals surface area contributed by atoms with Crippen molar-refractivity contribution in [2.45, 2.75) is 0 Å². The molecular formula is C13H6BrClF2N2. The molecule has 3 rings (SSSR count). The maximum Gasteiger partial charge on any atom is 0.142 e. The van der Waals surface area contributed by atoms with Gasteiger partial charge in [-0.15, -0.1) is 0 Å². The predicted molar refractivity (Wildman–Crippen MR) is 74.2 cm³/mol. The second-order valence-corrected chi connectivity index (χ2v) is 5.20. The summed E-state index contributed by atoms with van der Waals surface area (Å²) in [6, 6.07) is 7.33. The van der Waals surface area contributed by atoms with Crippen LogP contribution in [0.2, 0.25) is 5.02 Å². The highest BCUT2D eigenvalue weighted by Crippen LogP contribution is 2.30. The van der Waals surface area contributed by atoms with Crippen LogP contribution in [-0.2, 0) is 0 Å². The van der Waals surface area contributed by atoms with Gasteiger partial charge in [-0.25, -0.2) is 13.8 Å². The predicted octanol–water partition coefficient (Wildman–Crippen LogP) is 4.92.